The smallest absolute Gasteiger partial charge is 0.217 e. The van der Waals surface area contributed by atoms with Gasteiger partial charge in [-0.05, 0) is 5.92 Å². The summed E-state index contributed by atoms with van der Waals surface area (Å²) in [6.07, 6.45) is 1.84. The van der Waals surface area contributed by atoms with Crippen molar-refractivity contribution in [2.24, 2.45) is 11.7 Å². The summed E-state index contributed by atoms with van der Waals surface area (Å²) in [7, 11) is 0.917. The first kappa shape index (κ1) is 10.7. The van der Waals surface area contributed by atoms with Crippen LogP contribution in [0.2, 0.25) is 12.1 Å². The summed E-state index contributed by atoms with van der Waals surface area (Å²) in [4.78, 5) is 10.3. The van der Waals surface area contributed by atoms with Gasteiger partial charge in [0.1, 0.15) is 0 Å². The first-order chi connectivity index (χ1) is 5.13. The summed E-state index contributed by atoms with van der Waals surface area (Å²) in [6, 6.07) is 2.24. The van der Waals surface area contributed by atoms with E-state index in [1.165, 1.54) is 12.5 Å². The lowest BCUT2D eigenvalue weighted by Gasteiger charge is -2.01. The Morgan fingerprint density at radius 3 is 2.55 bits per heavy atom. The Labute approximate surface area is 71.4 Å². The Balaban J connectivity index is 2.97. The van der Waals surface area contributed by atoms with E-state index in [-0.39, 0.29) is 5.91 Å². The summed E-state index contributed by atoms with van der Waals surface area (Å²) in [5.74, 6) is 0.623. The summed E-state index contributed by atoms with van der Waals surface area (Å²) in [6.45, 7) is 4.44. The van der Waals surface area contributed by atoms with E-state index in [4.69, 9.17) is 5.73 Å². The summed E-state index contributed by atoms with van der Waals surface area (Å²) in [5.41, 5.74) is 5.00. The lowest BCUT2D eigenvalue weighted by Crippen LogP contribution is -2.10. The molecule has 0 aliphatic heterocycles. The molecular formula is C8H17NOSi. The molecule has 1 amide bonds. The number of primary amides is 1. The second-order valence-corrected chi connectivity index (χ2v) is 4.65. The monoisotopic (exact) mass is 171 g/mol. The van der Waals surface area contributed by atoms with Crippen LogP contribution in [0.5, 0.6) is 0 Å². The van der Waals surface area contributed by atoms with E-state index >= 15 is 0 Å². The number of hydrogen-bond acceptors (Lipinski definition) is 1. The average Bonchev–Trinajstić information content (AvgIpc) is 1.85. The highest BCUT2D eigenvalue weighted by molar-refractivity contribution is 6.35. The molecular weight excluding hydrogens is 154 g/mol. The maximum absolute atomic E-state index is 10.3. The third-order valence-corrected chi connectivity index (χ3v) is 2.69. The highest BCUT2D eigenvalue weighted by Crippen LogP contribution is 2.04. The fourth-order valence-corrected chi connectivity index (χ4v) is 2.18. The van der Waals surface area contributed by atoms with Gasteiger partial charge in [0, 0.05) is 15.9 Å². The Morgan fingerprint density at radius 1 is 1.45 bits per heavy atom. The van der Waals surface area contributed by atoms with Crippen LogP contribution in [0.25, 0.3) is 0 Å². The van der Waals surface area contributed by atoms with E-state index < -0.39 is 0 Å². The van der Waals surface area contributed by atoms with E-state index in [1.807, 2.05) is 0 Å². The van der Waals surface area contributed by atoms with E-state index in [0.29, 0.717) is 6.42 Å². The van der Waals surface area contributed by atoms with Gasteiger partial charge >= 0.3 is 0 Å². The lowest BCUT2D eigenvalue weighted by atomic mass is 10.2. The van der Waals surface area contributed by atoms with Gasteiger partial charge in [-0.3, -0.25) is 4.79 Å². The molecule has 0 aliphatic carbocycles. The second kappa shape index (κ2) is 6.40. The van der Waals surface area contributed by atoms with Crippen LogP contribution in [0.4, 0.5) is 0 Å². The molecule has 0 aromatic carbocycles. The van der Waals surface area contributed by atoms with Gasteiger partial charge in [0.15, 0.2) is 0 Å². The molecule has 0 saturated heterocycles. The molecule has 3 heteroatoms. The van der Waals surface area contributed by atoms with E-state index in [9.17, 15) is 4.79 Å². The number of amides is 1. The van der Waals surface area contributed by atoms with Crippen molar-refractivity contribution < 1.29 is 4.79 Å². The van der Waals surface area contributed by atoms with E-state index in [0.717, 1.165) is 21.5 Å². The largest absolute Gasteiger partial charge is 0.370 e. The van der Waals surface area contributed by atoms with Crippen LogP contribution in [0, 0.1) is 5.92 Å². The Hall–Kier alpha value is -0.313. The van der Waals surface area contributed by atoms with Crippen LogP contribution in [0.3, 0.4) is 0 Å². The molecule has 2 N–H and O–H groups in total. The molecule has 2 radical (unpaired) electrons. The molecule has 0 spiro atoms. The van der Waals surface area contributed by atoms with Crippen LogP contribution in [0.15, 0.2) is 0 Å². The van der Waals surface area contributed by atoms with Crippen LogP contribution in [-0.2, 0) is 4.79 Å². The summed E-state index contributed by atoms with van der Waals surface area (Å²) < 4.78 is 0. The van der Waals surface area contributed by atoms with Crippen molar-refractivity contribution in [3.05, 3.63) is 0 Å². The minimum Gasteiger partial charge on any atom is -0.370 e. The van der Waals surface area contributed by atoms with Crippen molar-refractivity contribution in [3.8, 4) is 0 Å². The number of carbonyl (C=O) groups is 1. The molecule has 0 bridgehead atoms. The zero-order valence-electron chi connectivity index (χ0n) is 7.39. The molecule has 0 atom stereocenters. The quantitative estimate of drug-likeness (QED) is 0.477. The molecule has 0 aromatic heterocycles. The van der Waals surface area contributed by atoms with Gasteiger partial charge in [-0.15, -0.1) is 0 Å². The fraction of sp³-hybridized carbons (Fsp3) is 0.875. The molecule has 11 heavy (non-hydrogen) atoms. The van der Waals surface area contributed by atoms with Gasteiger partial charge in [0.05, 0.1) is 0 Å². The van der Waals surface area contributed by atoms with Crippen LogP contribution >= 0.6 is 0 Å². The van der Waals surface area contributed by atoms with Gasteiger partial charge in [-0.1, -0.05) is 32.4 Å². The average molecular weight is 171 g/mol. The molecule has 0 saturated carbocycles. The lowest BCUT2D eigenvalue weighted by molar-refractivity contribution is -0.117. The zero-order chi connectivity index (χ0) is 8.69. The van der Waals surface area contributed by atoms with E-state index in [1.54, 1.807) is 0 Å². The normalized spacial score (nSPS) is 10.5. The van der Waals surface area contributed by atoms with Crippen molar-refractivity contribution in [1.29, 1.82) is 0 Å². The first-order valence-corrected chi connectivity index (χ1v) is 5.53. The van der Waals surface area contributed by atoms with Gasteiger partial charge in [0.25, 0.3) is 0 Å². The topological polar surface area (TPSA) is 43.1 Å². The molecule has 0 rings (SSSR count). The Kier molecular flexibility index (Phi) is 6.22. The first-order valence-electron chi connectivity index (χ1n) is 4.12. The predicted molar refractivity (Wildman–Crippen MR) is 48.6 cm³/mol. The van der Waals surface area contributed by atoms with Crippen molar-refractivity contribution >= 4 is 15.4 Å². The summed E-state index contributed by atoms with van der Waals surface area (Å²) >= 11 is 0. The zero-order valence-corrected chi connectivity index (χ0v) is 8.39. The minimum atomic E-state index is -0.165. The predicted octanol–water partition coefficient (Wildman–Crippen LogP) is 1.45. The molecule has 0 fully saturated rings. The number of hydrogen-bond donors (Lipinski definition) is 1. The molecule has 0 aromatic rings. The third kappa shape index (κ3) is 9.69. The molecule has 2 nitrogen and oxygen atoms in total. The van der Waals surface area contributed by atoms with Crippen molar-refractivity contribution in [2.75, 3.05) is 0 Å². The summed E-state index contributed by atoms with van der Waals surface area (Å²) in [5, 5.41) is 0. The standard InChI is InChI=1S/C8H17NOSi/c1-7(2)3-5-11-6-4-8(9)10/h7H,3-6H2,1-2H3,(H2,9,10). The highest BCUT2D eigenvalue weighted by atomic mass is 28.2. The van der Waals surface area contributed by atoms with Gasteiger partial charge < -0.3 is 5.73 Å². The van der Waals surface area contributed by atoms with Gasteiger partial charge in [0.2, 0.25) is 5.91 Å². The van der Waals surface area contributed by atoms with Crippen molar-refractivity contribution in [3.63, 3.8) is 0 Å². The Morgan fingerprint density at radius 2 is 2.09 bits per heavy atom. The van der Waals surface area contributed by atoms with Crippen LogP contribution in [0.1, 0.15) is 26.7 Å². The van der Waals surface area contributed by atoms with Crippen LogP contribution in [-0.4, -0.2) is 15.4 Å². The maximum atomic E-state index is 10.3. The molecule has 64 valence electrons. The van der Waals surface area contributed by atoms with Gasteiger partial charge in [-0.2, -0.15) is 0 Å². The number of carbonyl (C=O) groups excluding carboxylic acids is 1. The molecule has 0 heterocycles. The minimum absolute atomic E-state index is 0.165. The molecule has 0 aliphatic rings. The van der Waals surface area contributed by atoms with Crippen LogP contribution < -0.4 is 5.73 Å². The van der Waals surface area contributed by atoms with Crippen molar-refractivity contribution in [2.45, 2.75) is 38.8 Å². The second-order valence-electron chi connectivity index (χ2n) is 3.15. The highest BCUT2D eigenvalue weighted by Gasteiger charge is 1.97. The SMILES string of the molecule is CC(C)CC[Si]CCC(N)=O. The maximum Gasteiger partial charge on any atom is 0.217 e. The van der Waals surface area contributed by atoms with Crippen molar-refractivity contribution in [1.82, 2.24) is 0 Å². The Bertz CT molecular complexity index is 115. The fourth-order valence-electron chi connectivity index (χ4n) is 0.727. The third-order valence-electron chi connectivity index (χ3n) is 1.45. The molecule has 0 unspecified atom stereocenters. The number of rotatable bonds is 6. The van der Waals surface area contributed by atoms with E-state index in [2.05, 4.69) is 13.8 Å². The number of nitrogens with two attached hydrogens (primary N) is 1. The van der Waals surface area contributed by atoms with Gasteiger partial charge in [-0.25, -0.2) is 0 Å².